The van der Waals surface area contributed by atoms with Crippen LogP contribution in [0.4, 0.5) is 0 Å². The maximum atomic E-state index is 10.1. The number of nitrogens with one attached hydrogen (secondary N) is 1. The van der Waals surface area contributed by atoms with Gasteiger partial charge in [-0.3, -0.25) is 14.4 Å². The van der Waals surface area contributed by atoms with Crippen molar-refractivity contribution in [2.45, 2.75) is 31.3 Å². The normalized spacial score (nSPS) is 11.8. The van der Waals surface area contributed by atoms with Crippen LogP contribution in [0, 0.1) is 4.78 Å². The molecule has 2 unspecified atom stereocenters. The lowest BCUT2D eigenvalue weighted by molar-refractivity contribution is -0.139. The van der Waals surface area contributed by atoms with E-state index in [0.29, 0.717) is 6.42 Å². The number of thioether (sulfide) groups is 1. The van der Waals surface area contributed by atoms with Gasteiger partial charge in [-0.25, -0.2) is 11.5 Å². The molecule has 0 saturated carbocycles. The molecule has 132 valence electrons. The number of primary amides is 1. The quantitative estimate of drug-likeness (QED) is 0.225. The molecule has 0 saturated heterocycles. The molecule has 10 nitrogen and oxygen atoms in total. The van der Waals surface area contributed by atoms with E-state index >= 15 is 0 Å². The number of carbonyl (C=O) groups excluding carboxylic acids is 1. The summed E-state index contributed by atoms with van der Waals surface area (Å²) in [6, 6.07) is -1.66. The highest BCUT2D eigenvalue weighted by Gasteiger charge is 2.11. The number of hydrogen-bond donors (Lipinski definition) is 6. The number of hydrogen-bond acceptors (Lipinski definition) is 9. The monoisotopic (exact) mass is 359 g/mol. The number of rotatable bonds is 8. The largest absolute Gasteiger partial charge is 0.480 e. The Morgan fingerprint density at radius 2 is 1.50 bits per heavy atom. The predicted molar refractivity (Wildman–Crippen MR) is 84.8 cm³/mol. The lowest BCUT2D eigenvalue weighted by Crippen LogP contribution is -2.31. The van der Waals surface area contributed by atoms with Gasteiger partial charge in [0, 0.05) is 6.42 Å². The van der Waals surface area contributed by atoms with Gasteiger partial charge in [-0.1, -0.05) is 0 Å². The summed E-state index contributed by atoms with van der Waals surface area (Å²) in [6.45, 7) is 0. The zero-order valence-corrected chi connectivity index (χ0v) is 13.8. The number of amides is 1. The molecule has 0 fully saturated rings. The molecule has 0 aliphatic rings. The van der Waals surface area contributed by atoms with Gasteiger partial charge in [0.05, 0.1) is 0 Å². The topological polar surface area (TPSA) is 211 Å². The minimum Gasteiger partial charge on any atom is -0.480 e. The fourth-order valence-electron chi connectivity index (χ4n) is 0.790. The van der Waals surface area contributed by atoms with Crippen LogP contribution < -0.4 is 17.2 Å². The second-order valence-electron chi connectivity index (χ2n) is 3.77. The molecule has 0 heterocycles. The highest BCUT2D eigenvalue weighted by Crippen LogP contribution is 1.97. The standard InChI is InChI=1S/C5H10N2O3.C5H11NO2S.H2NOS/c6-3(5(9)10)1-2-4(7)8;1-9-3-2-4(6)5(7)8;1-3-2/h3H,1-2,6H2,(H2,7,8)(H,9,10);4H,2-3,6H2,1H3,(H,7,8);1,3H/q;;-1. The first-order valence-corrected chi connectivity index (χ1v) is 8.07. The molecule has 0 aromatic heterocycles. The van der Waals surface area contributed by atoms with Gasteiger partial charge in [-0.05, 0) is 24.9 Å². The third-order valence-corrected chi connectivity index (χ3v) is 2.61. The third kappa shape index (κ3) is 23.7. The molecular formula is C10H23N4O6S2-. The van der Waals surface area contributed by atoms with Gasteiger partial charge >= 0.3 is 11.9 Å². The van der Waals surface area contributed by atoms with E-state index in [0.717, 1.165) is 5.75 Å². The minimum absolute atomic E-state index is 0.0213. The molecule has 2 atom stereocenters. The molecule has 1 amide bonds. The van der Waals surface area contributed by atoms with Gasteiger partial charge in [-0.2, -0.15) is 11.8 Å². The summed E-state index contributed by atoms with van der Waals surface area (Å²) in [7, 11) is 0. The zero-order valence-electron chi connectivity index (χ0n) is 12.1. The zero-order chi connectivity index (χ0) is 18.1. The van der Waals surface area contributed by atoms with Gasteiger partial charge in [0.15, 0.2) is 0 Å². The average Bonchev–Trinajstić information content (AvgIpc) is 2.43. The van der Waals surface area contributed by atoms with Crippen molar-refractivity contribution in [1.82, 2.24) is 0 Å². The van der Waals surface area contributed by atoms with Crippen molar-refractivity contribution in [1.29, 1.82) is 4.78 Å². The van der Waals surface area contributed by atoms with Crippen molar-refractivity contribution in [3.05, 3.63) is 0 Å². The molecule has 12 heteroatoms. The van der Waals surface area contributed by atoms with Crippen molar-refractivity contribution >= 4 is 41.1 Å². The number of aliphatic carboxylic acids is 2. The van der Waals surface area contributed by atoms with Gasteiger partial charge in [0.25, 0.3) is 0 Å². The Balaban J connectivity index is -0.000000279. The van der Waals surface area contributed by atoms with Crippen LogP contribution in [0.15, 0.2) is 0 Å². The molecule has 22 heavy (non-hydrogen) atoms. The highest BCUT2D eigenvalue weighted by molar-refractivity contribution is 7.98. The third-order valence-electron chi connectivity index (χ3n) is 1.97. The van der Waals surface area contributed by atoms with Crippen molar-refractivity contribution in [3.8, 4) is 0 Å². The first-order valence-electron chi connectivity index (χ1n) is 5.87. The van der Waals surface area contributed by atoms with Crippen LogP contribution in [0.3, 0.4) is 0 Å². The van der Waals surface area contributed by atoms with E-state index in [4.69, 9.17) is 36.4 Å². The van der Waals surface area contributed by atoms with Crippen molar-refractivity contribution in [3.63, 3.8) is 0 Å². The van der Waals surface area contributed by atoms with Gasteiger partial charge < -0.3 is 36.4 Å². The average molecular weight is 359 g/mol. The van der Waals surface area contributed by atoms with Gasteiger partial charge in [0.1, 0.15) is 12.1 Å². The Morgan fingerprint density at radius 1 is 1.14 bits per heavy atom. The number of carboxylic acids is 2. The predicted octanol–water partition coefficient (Wildman–Crippen LogP) is -1.28. The molecule has 0 radical (unpaired) electrons. The fourth-order valence-corrected chi connectivity index (χ4v) is 1.28. The van der Waals surface area contributed by atoms with E-state index < -0.39 is 41.4 Å². The molecular weight excluding hydrogens is 336 g/mol. The van der Waals surface area contributed by atoms with Crippen molar-refractivity contribution < 1.29 is 28.8 Å². The molecule has 0 bridgehead atoms. The van der Waals surface area contributed by atoms with Crippen LogP contribution >= 0.6 is 11.8 Å². The van der Waals surface area contributed by atoms with Crippen LogP contribution in [0.25, 0.3) is 0 Å². The van der Waals surface area contributed by atoms with E-state index in [1.54, 1.807) is 11.8 Å². The van der Waals surface area contributed by atoms with Crippen molar-refractivity contribution in [2.75, 3.05) is 12.0 Å². The summed E-state index contributed by atoms with van der Waals surface area (Å²) in [5.74, 6) is -1.74. The first kappa shape index (κ1) is 25.6. The van der Waals surface area contributed by atoms with E-state index in [9.17, 15) is 14.4 Å². The number of thiol groups is 1. The van der Waals surface area contributed by atoms with Crippen LogP contribution in [0.1, 0.15) is 19.3 Å². The number of carboxylic acid groups (broad SMARTS) is 2. The summed E-state index contributed by atoms with van der Waals surface area (Å²) in [5, 5.41) is 16.5. The van der Waals surface area contributed by atoms with E-state index in [2.05, 4.69) is 0 Å². The van der Waals surface area contributed by atoms with Gasteiger partial charge in [0.2, 0.25) is 5.91 Å². The van der Waals surface area contributed by atoms with Gasteiger partial charge in [-0.15, -0.1) is 0 Å². The molecule has 0 aromatic rings. The smallest absolute Gasteiger partial charge is 0.320 e. The molecule has 0 rings (SSSR count). The highest BCUT2D eigenvalue weighted by atomic mass is 32.2. The Labute approximate surface area is 135 Å². The Kier molecular flexibility index (Phi) is 20.6. The molecule has 9 N–H and O–H groups in total. The lowest BCUT2D eigenvalue weighted by Gasteiger charge is -2.02. The SMILES string of the molecule is CSCCC(N)C(=O)O.N=[SH-]=O.NC(=O)CCC(N)C(=O)O. The fraction of sp³-hybridized carbons (Fsp3) is 0.700. The Hall–Kier alpha value is -1.37. The van der Waals surface area contributed by atoms with E-state index in [1.807, 2.05) is 6.26 Å². The van der Waals surface area contributed by atoms with Crippen LogP contribution in [-0.4, -0.2) is 52.2 Å². The summed E-state index contributed by atoms with van der Waals surface area (Å²) >= 11 is 1.02. The maximum Gasteiger partial charge on any atom is 0.320 e. The van der Waals surface area contributed by atoms with Crippen LogP contribution in [0.2, 0.25) is 0 Å². The summed E-state index contributed by atoms with van der Waals surface area (Å²) < 4.78 is 14.2. The van der Waals surface area contributed by atoms with Crippen molar-refractivity contribution in [2.24, 2.45) is 17.2 Å². The minimum atomic E-state index is -1.11. The number of nitrogens with two attached hydrogens (primary N) is 3. The molecule has 0 aromatic carbocycles. The summed E-state index contributed by atoms with van der Waals surface area (Å²) in [5.41, 5.74) is 15.0. The lowest BCUT2D eigenvalue weighted by atomic mass is 10.2. The summed E-state index contributed by atoms with van der Waals surface area (Å²) in [6.07, 6.45) is 2.60. The number of carbonyl (C=O) groups is 3. The first-order chi connectivity index (χ1) is 10.1. The second kappa shape index (κ2) is 17.7. The van der Waals surface area contributed by atoms with Crippen LogP contribution in [0.5, 0.6) is 0 Å². The maximum absolute atomic E-state index is 10.1. The Bertz CT molecular complexity index is 376. The van der Waals surface area contributed by atoms with E-state index in [-0.39, 0.29) is 12.8 Å². The summed E-state index contributed by atoms with van der Waals surface area (Å²) in [4.78, 5) is 30.2. The molecule has 0 aliphatic heterocycles. The molecule has 0 spiro atoms. The second-order valence-corrected chi connectivity index (χ2v) is 4.94. The Morgan fingerprint density at radius 3 is 1.77 bits per heavy atom. The molecule has 0 aliphatic carbocycles. The van der Waals surface area contributed by atoms with Crippen LogP contribution in [-0.2, 0) is 30.1 Å². The van der Waals surface area contributed by atoms with E-state index in [1.165, 1.54) is 0 Å².